The summed E-state index contributed by atoms with van der Waals surface area (Å²) in [5.74, 6) is -0.265. The quantitative estimate of drug-likeness (QED) is 0.867. The molecule has 0 spiro atoms. The highest BCUT2D eigenvalue weighted by Crippen LogP contribution is 2.45. The summed E-state index contributed by atoms with van der Waals surface area (Å²) in [4.78, 5) is 39.6. The van der Waals surface area contributed by atoms with Crippen LogP contribution < -0.4 is 5.32 Å². The number of aromatic nitrogens is 1. The molecule has 2 aliphatic carbocycles. The summed E-state index contributed by atoms with van der Waals surface area (Å²) in [5.41, 5.74) is 0.570. The molecule has 1 N–H and O–H groups in total. The van der Waals surface area contributed by atoms with E-state index in [1.165, 1.54) is 0 Å². The maximum Gasteiger partial charge on any atom is 0.251 e. The third-order valence-electron chi connectivity index (χ3n) is 6.37. The maximum atomic E-state index is 12.8. The van der Waals surface area contributed by atoms with Crippen LogP contribution in [-0.4, -0.2) is 44.8 Å². The molecule has 1 aromatic carbocycles. The van der Waals surface area contributed by atoms with Gasteiger partial charge in [-0.3, -0.25) is 19.0 Å². The van der Waals surface area contributed by atoms with Crippen molar-refractivity contribution in [2.45, 2.75) is 56.7 Å². The topological polar surface area (TPSA) is 95.2 Å². The zero-order valence-corrected chi connectivity index (χ0v) is 16.2. The number of benzene rings is 1. The number of hydrogen-bond acceptors (Lipinski definition) is 4. The summed E-state index contributed by atoms with van der Waals surface area (Å²) >= 11 is 0. The molecule has 2 amide bonds. The van der Waals surface area contributed by atoms with Gasteiger partial charge in [0, 0.05) is 29.1 Å². The first kappa shape index (κ1) is 17.9. The van der Waals surface area contributed by atoms with Gasteiger partial charge in [-0.05, 0) is 63.3 Å². The van der Waals surface area contributed by atoms with Gasteiger partial charge in [-0.25, -0.2) is 0 Å². The molecule has 0 radical (unpaired) electrons. The molecular formula is C22H22N4O3. The molecule has 7 heteroatoms. The summed E-state index contributed by atoms with van der Waals surface area (Å²) < 4.78 is 1.66. The van der Waals surface area contributed by atoms with Crippen LogP contribution in [0.3, 0.4) is 0 Å². The van der Waals surface area contributed by atoms with E-state index >= 15 is 0 Å². The van der Waals surface area contributed by atoms with Crippen LogP contribution in [0.5, 0.6) is 0 Å². The molecule has 3 aliphatic rings. The van der Waals surface area contributed by atoms with Gasteiger partial charge in [0.2, 0.25) is 11.8 Å². The number of hydrogen-bond donors (Lipinski definition) is 1. The van der Waals surface area contributed by atoms with Gasteiger partial charge in [-0.1, -0.05) is 0 Å². The second-order valence-corrected chi connectivity index (χ2v) is 8.53. The summed E-state index contributed by atoms with van der Waals surface area (Å²) in [6.45, 7) is 1.92. The first-order valence-corrected chi connectivity index (χ1v) is 10.1. The van der Waals surface area contributed by atoms with E-state index in [2.05, 4.69) is 11.4 Å². The lowest BCUT2D eigenvalue weighted by molar-refractivity contribution is -0.132. The number of rotatable bonds is 4. The molecule has 2 saturated carbocycles. The van der Waals surface area contributed by atoms with Crippen LogP contribution in [0.4, 0.5) is 0 Å². The number of carbonyl (C=O) groups is 3. The molecule has 2 aromatic rings. The Morgan fingerprint density at radius 2 is 2.00 bits per heavy atom. The fourth-order valence-corrected chi connectivity index (χ4v) is 4.46. The van der Waals surface area contributed by atoms with Gasteiger partial charge in [0.25, 0.3) is 5.91 Å². The lowest BCUT2D eigenvalue weighted by atomic mass is 10.1. The molecule has 2 heterocycles. The Bertz CT molecular complexity index is 1090. The Kier molecular flexibility index (Phi) is 3.82. The third kappa shape index (κ3) is 2.82. The van der Waals surface area contributed by atoms with Crippen molar-refractivity contribution in [1.29, 1.82) is 5.26 Å². The normalized spacial score (nSPS) is 25.1. The highest BCUT2D eigenvalue weighted by atomic mass is 16.2. The minimum atomic E-state index is -0.675. The smallest absolute Gasteiger partial charge is 0.251 e. The van der Waals surface area contributed by atoms with Crippen molar-refractivity contribution in [3.63, 3.8) is 0 Å². The fourth-order valence-electron chi connectivity index (χ4n) is 4.46. The highest BCUT2D eigenvalue weighted by Gasteiger charge is 2.56. The van der Waals surface area contributed by atoms with Gasteiger partial charge in [0.05, 0.1) is 11.6 Å². The first-order valence-electron chi connectivity index (χ1n) is 10.1. The van der Waals surface area contributed by atoms with Crippen LogP contribution in [0.2, 0.25) is 0 Å². The molecule has 5 rings (SSSR count). The molecule has 1 aromatic heterocycles. The number of fused-ring (bicyclic) bond motifs is 1. The second kappa shape index (κ2) is 6.18. The first-order chi connectivity index (χ1) is 13.9. The van der Waals surface area contributed by atoms with Crippen LogP contribution in [0.25, 0.3) is 10.9 Å². The molecule has 2 unspecified atom stereocenters. The minimum absolute atomic E-state index is 0.0695. The molecule has 29 heavy (non-hydrogen) atoms. The van der Waals surface area contributed by atoms with E-state index in [0.29, 0.717) is 24.8 Å². The van der Waals surface area contributed by atoms with Gasteiger partial charge in [-0.2, -0.15) is 5.26 Å². The van der Waals surface area contributed by atoms with Gasteiger partial charge in [0.15, 0.2) is 0 Å². The Morgan fingerprint density at radius 3 is 2.66 bits per heavy atom. The van der Waals surface area contributed by atoms with Crippen molar-refractivity contribution >= 4 is 28.6 Å². The molecule has 2 atom stereocenters. The zero-order valence-electron chi connectivity index (χ0n) is 16.2. The Hall–Kier alpha value is -3.14. The number of nitriles is 1. The number of nitrogens with one attached hydrogen (secondary N) is 1. The summed E-state index contributed by atoms with van der Waals surface area (Å²) in [6, 6.07) is 8.64. The Morgan fingerprint density at radius 1 is 1.24 bits per heavy atom. The largest absolute Gasteiger partial charge is 0.340 e. The lowest BCUT2D eigenvalue weighted by Gasteiger charge is -2.26. The van der Waals surface area contributed by atoms with Crippen LogP contribution in [-0.2, 0) is 4.79 Å². The second-order valence-electron chi connectivity index (χ2n) is 8.53. The molecule has 1 aliphatic heterocycles. The fraction of sp³-hybridized carbons (Fsp3) is 0.455. The molecule has 3 fully saturated rings. The maximum absolute atomic E-state index is 12.8. The van der Waals surface area contributed by atoms with E-state index < -0.39 is 11.6 Å². The predicted octanol–water partition coefficient (Wildman–Crippen LogP) is 2.47. The predicted molar refractivity (Wildman–Crippen MR) is 105 cm³/mol. The van der Waals surface area contributed by atoms with E-state index in [-0.39, 0.29) is 29.7 Å². The van der Waals surface area contributed by atoms with E-state index in [0.717, 1.165) is 23.7 Å². The van der Waals surface area contributed by atoms with Gasteiger partial charge in [0.1, 0.15) is 11.6 Å². The zero-order chi connectivity index (χ0) is 20.3. The van der Waals surface area contributed by atoms with Gasteiger partial charge < -0.3 is 10.2 Å². The molecule has 1 saturated heterocycles. The molecule has 0 bridgehead atoms. The summed E-state index contributed by atoms with van der Waals surface area (Å²) in [5, 5.41) is 13.1. The highest BCUT2D eigenvalue weighted by molar-refractivity contribution is 6.02. The summed E-state index contributed by atoms with van der Waals surface area (Å²) in [6.07, 6.45) is 5.54. The Labute approximate surface area is 168 Å². The number of likely N-dealkylation sites (tertiary alicyclic amines) is 1. The Balaban J connectivity index is 1.33. The van der Waals surface area contributed by atoms with Crippen molar-refractivity contribution in [3.8, 4) is 6.07 Å². The van der Waals surface area contributed by atoms with Crippen molar-refractivity contribution < 1.29 is 14.4 Å². The van der Waals surface area contributed by atoms with Crippen LogP contribution in [0.15, 0.2) is 30.5 Å². The van der Waals surface area contributed by atoms with Crippen LogP contribution in [0, 0.1) is 17.2 Å². The molecule has 7 nitrogen and oxygen atoms in total. The molecule has 148 valence electrons. The van der Waals surface area contributed by atoms with Crippen LogP contribution >= 0.6 is 0 Å². The van der Waals surface area contributed by atoms with E-state index in [1.807, 2.05) is 13.0 Å². The lowest BCUT2D eigenvalue weighted by Crippen LogP contribution is -2.46. The van der Waals surface area contributed by atoms with E-state index in [9.17, 15) is 19.6 Å². The van der Waals surface area contributed by atoms with Crippen molar-refractivity contribution in [3.05, 3.63) is 36.0 Å². The monoisotopic (exact) mass is 390 g/mol. The van der Waals surface area contributed by atoms with E-state index in [1.54, 1.807) is 33.9 Å². The number of amides is 2. The van der Waals surface area contributed by atoms with Crippen molar-refractivity contribution in [1.82, 2.24) is 14.8 Å². The average Bonchev–Trinajstić information content (AvgIpc) is 3.63. The third-order valence-corrected chi connectivity index (χ3v) is 6.37. The van der Waals surface area contributed by atoms with E-state index in [4.69, 9.17) is 0 Å². The standard InChI is InChI=1S/C22H22N4O3/c1-13-10-17(21(29)26(13)22(12-23)7-8-22)24-19(27)16-4-5-18-15(11-16)6-9-25(18)20(28)14-2-3-14/h4-6,9,11,13-14,17H,2-3,7-8,10H2,1H3,(H,24,27). The summed E-state index contributed by atoms with van der Waals surface area (Å²) in [7, 11) is 0. The average molecular weight is 390 g/mol. The molecular weight excluding hydrogens is 368 g/mol. The van der Waals surface area contributed by atoms with Crippen molar-refractivity contribution in [2.75, 3.05) is 0 Å². The number of nitrogens with zero attached hydrogens (tertiary/aromatic N) is 3. The van der Waals surface area contributed by atoms with Crippen molar-refractivity contribution in [2.24, 2.45) is 5.92 Å². The van der Waals surface area contributed by atoms with Gasteiger partial charge in [-0.15, -0.1) is 0 Å². The minimum Gasteiger partial charge on any atom is -0.340 e. The van der Waals surface area contributed by atoms with Gasteiger partial charge >= 0.3 is 0 Å². The SMILES string of the molecule is CC1CC(NC(=O)c2ccc3c(ccn3C(=O)C3CC3)c2)C(=O)N1C1(C#N)CC1. The van der Waals surface area contributed by atoms with Crippen LogP contribution in [0.1, 0.15) is 54.2 Å². The number of carbonyl (C=O) groups excluding carboxylic acids is 3.